The summed E-state index contributed by atoms with van der Waals surface area (Å²) in [6.45, 7) is 2.25. The first-order chi connectivity index (χ1) is 12.2. The van der Waals surface area contributed by atoms with Crippen molar-refractivity contribution in [3.63, 3.8) is 0 Å². The standard InChI is InChI=1S/C22H32O3/c1-2-3-4-5-11-14-17-20-21(25-20)18-15-12-9-7-6-8-10-13-16-19-22(23)24/h6-10,12-13,15-16,19-21H,2-5,11,14,17-18H2,1H3,(H,23,24)/b8-6+,9-7+,13-10+,15-12+,19-16+. The first-order valence-electron chi connectivity index (χ1n) is 9.45. The Morgan fingerprint density at radius 1 is 0.840 bits per heavy atom. The summed E-state index contributed by atoms with van der Waals surface area (Å²) in [5.41, 5.74) is 0. The minimum absolute atomic E-state index is 0.430. The average molecular weight is 344 g/mol. The third-order valence-corrected chi connectivity index (χ3v) is 4.05. The van der Waals surface area contributed by atoms with Crippen LogP contribution in [0.25, 0.3) is 0 Å². The Labute approximate surface area is 152 Å². The monoisotopic (exact) mass is 344 g/mol. The van der Waals surface area contributed by atoms with Gasteiger partial charge >= 0.3 is 5.97 Å². The summed E-state index contributed by atoms with van der Waals surface area (Å²) in [7, 11) is 0. The Bertz CT molecular complexity index is 497. The van der Waals surface area contributed by atoms with E-state index in [1.54, 1.807) is 12.2 Å². The molecular formula is C22H32O3. The maximum Gasteiger partial charge on any atom is 0.328 e. The van der Waals surface area contributed by atoms with Gasteiger partial charge in [-0.1, -0.05) is 100 Å². The number of rotatable bonds is 14. The van der Waals surface area contributed by atoms with Crippen molar-refractivity contribution in [1.82, 2.24) is 0 Å². The largest absolute Gasteiger partial charge is 0.478 e. The van der Waals surface area contributed by atoms with Crippen LogP contribution in [0.1, 0.15) is 58.3 Å². The van der Waals surface area contributed by atoms with E-state index in [1.165, 1.54) is 51.0 Å². The zero-order valence-corrected chi connectivity index (χ0v) is 15.3. The summed E-state index contributed by atoms with van der Waals surface area (Å²) in [5.74, 6) is -0.937. The van der Waals surface area contributed by atoms with Gasteiger partial charge in [0.2, 0.25) is 0 Å². The van der Waals surface area contributed by atoms with Crippen molar-refractivity contribution in [2.24, 2.45) is 0 Å². The van der Waals surface area contributed by atoms with E-state index >= 15 is 0 Å². The number of hydrogen-bond donors (Lipinski definition) is 1. The molecule has 0 aliphatic carbocycles. The molecule has 2 atom stereocenters. The number of epoxide rings is 1. The summed E-state index contributed by atoms with van der Waals surface area (Å²) in [6.07, 6.45) is 29.2. The summed E-state index contributed by atoms with van der Waals surface area (Å²) in [6, 6.07) is 0. The number of hydrogen-bond acceptors (Lipinski definition) is 2. The van der Waals surface area contributed by atoms with Crippen molar-refractivity contribution < 1.29 is 14.6 Å². The van der Waals surface area contributed by atoms with E-state index in [4.69, 9.17) is 9.84 Å². The number of carbonyl (C=O) groups is 1. The molecule has 1 rings (SSSR count). The van der Waals surface area contributed by atoms with Crippen LogP contribution in [0.5, 0.6) is 0 Å². The molecule has 3 nitrogen and oxygen atoms in total. The highest BCUT2D eigenvalue weighted by molar-refractivity contribution is 5.80. The molecule has 1 saturated heterocycles. The second kappa shape index (κ2) is 14.5. The summed E-state index contributed by atoms with van der Waals surface area (Å²) in [5, 5.41) is 8.41. The lowest BCUT2D eigenvalue weighted by atomic mass is 10.1. The lowest BCUT2D eigenvalue weighted by Gasteiger charge is -1.98. The fraction of sp³-hybridized carbons (Fsp3) is 0.500. The van der Waals surface area contributed by atoms with E-state index in [-0.39, 0.29) is 0 Å². The Balaban J connectivity index is 1.99. The van der Waals surface area contributed by atoms with Crippen LogP contribution in [-0.4, -0.2) is 23.3 Å². The average Bonchev–Trinajstić information content (AvgIpc) is 3.34. The zero-order valence-electron chi connectivity index (χ0n) is 15.3. The van der Waals surface area contributed by atoms with Gasteiger partial charge in [-0.15, -0.1) is 0 Å². The summed E-state index contributed by atoms with van der Waals surface area (Å²) < 4.78 is 5.70. The van der Waals surface area contributed by atoms with Crippen molar-refractivity contribution in [2.45, 2.75) is 70.5 Å². The predicted octanol–water partition coefficient (Wildman–Crippen LogP) is 5.76. The fourth-order valence-electron chi connectivity index (χ4n) is 2.58. The van der Waals surface area contributed by atoms with E-state index in [0.29, 0.717) is 12.2 Å². The molecule has 0 aromatic rings. The highest BCUT2D eigenvalue weighted by atomic mass is 16.6. The molecule has 1 fully saturated rings. The SMILES string of the molecule is CCCCCCCCC1OC1C/C=C/C=C/C=C/C=C/C=C/C(=O)O. The minimum Gasteiger partial charge on any atom is -0.478 e. The number of unbranched alkanes of at least 4 members (excludes halogenated alkanes) is 5. The lowest BCUT2D eigenvalue weighted by Crippen LogP contribution is -1.92. The number of allylic oxidation sites excluding steroid dienone is 8. The van der Waals surface area contributed by atoms with Crippen molar-refractivity contribution in [2.75, 3.05) is 0 Å². The first kappa shape index (κ1) is 21.2. The molecule has 0 spiro atoms. The molecule has 3 heteroatoms. The molecule has 0 radical (unpaired) electrons. The molecule has 0 bridgehead atoms. The molecule has 1 N–H and O–H groups in total. The molecule has 0 aromatic heterocycles. The van der Waals surface area contributed by atoms with Gasteiger partial charge in [-0.3, -0.25) is 0 Å². The van der Waals surface area contributed by atoms with Gasteiger partial charge in [0.15, 0.2) is 0 Å². The van der Waals surface area contributed by atoms with E-state index in [0.717, 1.165) is 12.5 Å². The molecule has 25 heavy (non-hydrogen) atoms. The van der Waals surface area contributed by atoms with Gasteiger partial charge in [0.05, 0.1) is 12.2 Å². The molecule has 1 heterocycles. The second-order valence-corrected chi connectivity index (χ2v) is 6.29. The Morgan fingerprint density at radius 2 is 1.44 bits per heavy atom. The molecule has 138 valence electrons. The van der Waals surface area contributed by atoms with E-state index in [1.807, 2.05) is 30.4 Å². The lowest BCUT2D eigenvalue weighted by molar-refractivity contribution is -0.131. The maximum atomic E-state index is 10.2. The smallest absolute Gasteiger partial charge is 0.328 e. The third-order valence-electron chi connectivity index (χ3n) is 4.05. The van der Waals surface area contributed by atoms with E-state index in [9.17, 15) is 4.79 Å². The van der Waals surface area contributed by atoms with Crippen LogP contribution in [0.2, 0.25) is 0 Å². The van der Waals surface area contributed by atoms with Gasteiger partial charge in [0.1, 0.15) is 0 Å². The Kier molecular flexibility index (Phi) is 12.3. The van der Waals surface area contributed by atoms with Gasteiger partial charge in [-0.25, -0.2) is 4.79 Å². The number of aliphatic carboxylic acids is 1. The third kappa shape index (κ3) is 13.1. The molecular weight excluding hydrogens is 312 g/mol. The van der Waals surface area contributed by atoms with Crippen LogP contribution >= 0.6 is 0 Å². The minimum atomic E-state index is -0.937. The quantitative estimate of drug-likeness (QED) is 0.189. The Hall–Kier alpha value is -1.87. The molecule has 0 saturated carbocycles. The highest BCUT2D eigenvalue weighted by Gasteiger charge is 2.36. The van der Waals surface area contributed by atoms with Crippen molar-refractivity contribution in [3.8, 4) is 0 Å². The number of carboxylic acid groups (broad SMARTS) is 1. The van der Waals surface area contributed by atoms with Gasteiger partial charge in [-0.05, 0) is 12.8 Å². The van der Waals surface area contributed by atoms with E-state index < -0.39 is 5.97 Å². The van der Waals surface area contributed by atoms with Crippen molar-refractivity contribution in [1.29, 1.82) is 0 Å². The molecule has 1 aliphatic heterocycles. The molecule has 0 aromatic carbocycles. The van der Waals surface area contributed by atoms with Gasteiger partial charge in [-0.2, -0.15) is 0 Å². The van der Waals surface area contributed by atoms with Crippen LogP contribution in [0, 0.1) is 0 Å². The second-order valence-electron chi connectivity index (χ2n) is 6.29. The van der Waals surface area contributed by atoms with Crippen molar-refractivity contribution >= 4 is 5.97 Å². The molecule has 0 amide bonds. The summed E-state index contributed by atoms with van der Waals surface area (Å²) in [4.78, 5) is 10.2. The normalized spacial score (nSPS) is 20.8. The van der Waals surface area contributed by atoms with Crippen LogP contribution in [0.15, 0.2) is 60.8 Å². The summed E-state index contributed by atoms with van der Waals surface area (Å²) >= 11 is 0. The van der Waals surface area contributed by atoms with Crippen molar-refractivity contribution in [3.05, 3.63) is 60.8 Å². The van der Waals surface area contributed by atoms with Crippen LogP contribution in [0.4, 0.5) is 0 Å². The fourth-order valence-corrected chi connectivity index (χ4v) is 2.58. The Morgan fingerprint density at radius 3 is 2.12 bits per heavy atom. The van der Waals surface area contributed by atoms with Gasteiger partial charge < -0.3 is 9.84 Å². The number of carboxylic acids is 1. The van der Waals surface area contributed by atoms with E-state index in [2.05, 4.69) is 13.0 Å². The van der Waals surface area contributed by atoms with Gasteiger partial charge in [0, 0.05) is 6.08 Å². The number of ether oxygens (including phenoxy) is 1. The topological polar surface area (TPSA) is 49.8 Å². The highest BCUT2D eigenvalue weighted by Crippen LogP contribution is 2.30. The first-order valence-corrected chi connectivity index (χ1v) is 9.45. The van der Waals surface area contributed by atoms with Crippen LogP contribution in [-0.2, 0) is 9.53 Å². The molecule has 1 aliphatic rings. The predicted molar refractivity (Wildman–Crippen MR) is 105 cm³/mol. The molecule has 2 unspecified atom stereocenters. The zero-order chi connectivity index (χ0) is 18.2. The maximum absolute atomic E-state index is 10.2. The van der Waals surface area contributed by atoms with Gasteiger partial charge in [0.25, 0.3) is 0 Å². The van der Waals surface area contributed by atoms with Crippen LogP contribution < -0.4 is 0 Å². The van der Waals surface area contributed by atoms with Crippen LogP contribution in [0.3, 0.4) is 0 Å².